The number of aromatic nitrogens is 3. The molecule has 3 aromatic rings. The van der Waals surface area contributed by atoms with Crippen LogP contribution in [0.25, 0.3) is 11.4 Å². The minimum Gasteiger partial charge on any atom is -0.490 e. The molecule has 1 aromatic heterocycles. The number of aromatic amines is 1. The van der Waals surface area contributed by atoms with E-state index in [0.717, 1.165) is 17.5 Å². The van der Waals surface area contributed by atoms with Crippen LogP contribution in [0.5, 0.6) is 11.5 Å². The average molecular weight is 417 g/mol. The summed E-state index contributed by atoms with van der Waals surface area (Å²) in [6, 6.07) is 13.3. The number of halogens is 1. The van der Waals surface area contributed by atoms with Crippen molar-refractivity contribution in [3.05, 3.63) is 57.8 Å². The monoisotopic (exact) mass is 416 g/mol. The van der Waals surface area contributed by atoms with E-state index < -0.39 is 0 Å². The number of rotatable bonds is 8. The summed E-state index contributed by atoms with van der Waals surface area (Å²) in [6.45, 7) is 5.02. The van der Waals surface area contributed by atoms with Gasteiger partial charge >= 0.3 is 0 Å². The van der Waals surface area contributed by atoms with Gasteiger partial charge in [0.15, 0.2) is 17.3 Å². The molecule has 1 N–H and O–H groups in total. The maximum Gasteiger partial charge on any atom is 0.216 e. The van der Waals surface area contributed by atoms with E-state index in [9.17, 15) is 0 Å². The van der Waals surface area contributed by atoms with Crippen molar-refractivity contribution in [2.75, 3.05) is 13.2 Å². The van der Waals surface area contributed by atoms with Crippen LogP contribution in [-0.4, -0.2) is 34.3 Å². The first-order valence-corrected chi connectivity index (χ1v) is 9.79. The number of H-pyrrole nitrogens is 1. The Morgan fingerprint density at radius 1 is 1.21 bits per heavy atom. The summed E-state index contributed by atoms with van der Waals surface area (Å²) in [5.74, 6) is 1.76. The summed E-state index contributed by atoms with van der Waals surface area (Å²) in [7, 11) is 0. The molecule has 2 aromatic carbocycles. The molecule has 0 saturated carbocycles. The molecule has 1 heterocycles. The van der Waals surface area contributed by atoms with Gasteiger partial charge in [-0.25, -0.2) is 5.10 Å². The lowest BCUT2D eigenvalue weighted by Gasteiger charge is -2.13. The molecule has 0 aliphatic heterocycles. The first-order valence-electron chi connectivity index (χ1n) is 9.00. The van der Waals surface area contributed by atoms with Gasteiger partial charge in [0.05, 0.1) is 24.5 Å². The predicted molar refractivity (Wildman–Crippen MR) is 114 cm³/mol. The highest BCUT2D eigenvalue weighted by atomic mass is 35.5. The molecule has 146 valence electrons. The minimum atomic E-state index is 0.397. The van der Waals surface area contributed by atoms with Crippen molar-refractivity contribution in [2.45, 2.75) is 20.3 Å². The van der Waals surface area contributed by atoms with E-state index in [1.807, 2.05) is 50.2 Å². The van der Waals surface area contributed by atoms with Crippen LogP contribution in [0.2, 0.25) is 5.02 Å². The maximum absolute atomic E-state index is 6.41. The SMILES string of the molecule is CCCOc1c(Cl)cc(/C=N/n2c(-c3ccccc3)n[nH]c2=S)cc1OCC. The van der Waals surface area contributed by atoms with Gasteiger partial charge in [0, 0.05) is 5.56 Å². The van der Waals surface area contributed by atoms with Crippen LogP contribution in [0.4, 0.5) is 0 Å². The Morgan fingerprint density at radius 2 is 2.00 bits per heavy atom. The summed E-state index contributed by atoms with van der Waals surface area (Å²) in [4.78, 5) is 0. The summed E-state index contributed by atoms with van der Waals surface area (Å²) in [6.07, 6.45) is 2.54. The molecule has 3 rings (SSSR count). The standard InChI is InChI=1S/C20H21ClN4O2S/c1-3-10-27-18-16(21)11-14(12-17(18)26-4-2)13-22-25-19(23-24-20(25)28)15-8-6-5-7-9-15/h5-9,11-13H,3-4,10H2,1-2H3,(H,24,28)/b22-13+. The number of benzene rings is 2. The smallest absolute Gasteiger partial charge is 0.216 e. The van der Waals surface area contributed by atoms with E-state index in [-0.39, 0.29) is 0 Å². The fourth-order valence-electron chi connectivity index (χ4n) is 2.57. The Kier molecular flexibility index (Phi) is 6.84. The lowest BCUT2D eigenvalue weighted by molar-refractivity contribution is 0.277. The fourth-order valence-corrected chi connectivity index (χ4v) is 3.02. The second-order valence-electron chi connectivity index (χ2n) is 5.89. The largest absolute Gasteiger partial charge is 0.490 e. The first-order chi connectivity index (χ1) is 13.6. The Bertz CT molecular complexity index is 1010. The third kappa shape index (κ3) is 4.61. The van der Waals surface area contributed by atoms with E-state index in [2.05, 4.69) is 15.3 Å². The summed E-state index contributed by atoms with van der Waals surface area (Å²) in [5, 5.41) is 12.0. The Morgan fingerprint density at radius 3 is 2.71 bits per heavy atom. The van der Waals surface area contributed by atoms with Gasteiger partial charge in [-0.3, -0.25) is 0 Å². The van der Waals surface area contributed by atoms with Gasteiger partial charge in [0.1, 0.15) is 0 Å². The predicted octanol–water partition coefficient (Wildman–Crippen LogP) is 5.33. The zero-order valence-electron chi connectivity index (χ0n) is 15.7. The number of ether oxygens (including phenoxy) is 2. The Labute approximate surface area is 173 Å². The van der Waals surface area contributed by atoms with Crippen molar-refractivity contribution in [1.82, 2.24) is 14.9 Å². The highest BCUT2D eigenvalue weighted by molar-refractivity contribution is 7.71. The van der Waals surface area contributed by atoms with Gasteiger partial charge in [-0.05, 0) is 43.3 Å². The lowest BCUT2D eigenvalue weighted by atomic mass is 10.2. The van der Waals surface area contributed by atoms with Crippen LogP contribution in [0.1, 0.15) is 25.8 Å². The molecule has 0 unspecified atom stereocenters. The summed E-state index contributed by atoms with van der Waals surface area (Å²) >= 11 is 11.7. The van der Waals surface area contributed by atoms with Crippen LogP contribution in [-0.2, 0) is 0 Å². The maximum atomic E-state index is 6.41. The van der Waals surface area contributed by atoms with Crippen LogP contribution in [0, 0.1) is 4.77 Å². The number of nitrogens with zero attached hydrogens (tertiary/aromatic N) is 3. The van der Waals surface area contributed by atoms with E-state index in [1.165, 1.54) is 0 Å². The molecule has 0 spiro atoms. The molecule has 6 nitrogen and oxygen atoms in total. The van der Waals surface area contributed by atoms with Crippen molar-refractivity contribution in [3.8, 4) is 22.9 Å². The molecule has 0 radical (unpaired) electrons. The topological polar surface area (TPSA) is 64.4 Å². The van der Waals surface area contributed by atoms with E-state index >= 15 is 0 Å². The van der Waals surface area contributed by atoms with Gasteiger partial charge in [-0.2, -0.15) is 14.9 Å². The summed E-state index contributed by atoms with van der Waals surface area (Å²) < 4.78 is 13.4. The van der Waals surface area contributed by atoms with E-state index in [4.69, 9.17) is 33.3 Å². The highest BCUT2D eigenvalue weighted by Crippen LogP contribution is 2.36. The molecule has 0 aliphatic rings. The molecule has 0 aliphatic carbocycles. The summed E-state index contributed by atoms with van der Waals surface area (Å²) in [5.41, 5.74) is 1.67. The molecule has 8 heteroatoms. The van der Waals surface area contributed by atoms with Gasteiger partial charge in [0.25, 0.3) is 0 Å². The average Bonchev–Trinajstić information content (AvgIpc) is 3.07. The van der Waals surface area contributed by atoms with E-state index in [1.54, 1.807) is 17.0 Å². The van der Waals surface area contributed by atoms with Crippen molar-refractivity contribution < 1.29 is 9.47 Å². The van der Waals surface area contributed by atoms with Crippen molar-refractivity contribution in [2.24, 2.45) is 5.10 Å². The molecular formula is C20H21ClN4O2S. The third-order valence-corrected chi connectivity index (χ3v) is 4.33. The first kappa shape index (κ1) is 20.1. The quantitative estimate of drug-likeness (QED) is 0.398. The van der Waals surface area contributed by atoms with Gasteiger partial charge in [-0.15, -0.1) is 0 Å². The molecule has 0 atom stereocenters. The number of hydrogen-bond donors (Lipinski definition) is 1. The zero-order chi connectivity index (χ0) is 19.9. The van der Waals surface area contributed by atoms with Crippen LogP contribution >= 0.6 is 23.8 Å². The van der Waals surface area contributed by atoms with Crippen molar-refractivity contribution in [3.63, 3.8) is 0 Å². The molecule has 0 amide bonds. The van der Waals surface area contributed by atoms with Gasteiger partial charge in [0.2, 0.25) is 4.77 Å². The zero-order valence-corrected chi connectivity index (χ0v) is 17.3. The fraction of sp³-hybridized carbons (Fsp3) is 0.250. The van der Waals surface area contributed by atoms with Crippen molar-refractivity contribution >= 4 is 30.0 Å². The molecule has 0 bridgehead atoms. The minimum absolute atomic E-state index is 0.397. The number of nitrogens with one attached hydrogen (secondary N) is 1. The van der Waals surface area contributed by atoms with Crippen LogP contribution in [0.15, 0.2) is 47.6 Å². The van der Waals surface area contributed by atoms with Crippen molar-refractivity contribution in [1.29, 1.82) is 0 Å². The Hall–Kier alpha value is -2.64. The molecule has 0 saturated heterocycles. The normalized spacial score (nSPS) is 11.1. The lowest BCUT2D eigenvalue weighted by Crippen LogP contribution is -2.02. The molecule has 28 heavy (non-hydrogen) atoms. The number of hydrogen-bond acceptors (Lipinski definition) is 5. The van der Waals surface area contributed by atoms with Gasteiger partial charge in [-0.1, -0.05) is 48.9 Å². The highest BCUT2D eigenvalue weighted by Gasteiger charge is 2.12. The van der Waals surface area contributed by atoms with Gasteiger partial charge < -0.3 is 9.47 Å². The third-order valence-electron chi connectivity index (χ3n) is 3.79. The van der Waals surface area contributed by atoms with Crippen LogP contribution in [0.3, 0.4) is 0 Å². The second kappa shape index (κ2) is 9.52. The molecule has 0 fully saturated rings. The second-order valence-corrected chi connectivity index (χ2v) is 6.68. The van der Waals surface area contributed by atoms with E-state index in [0.29, 0.717) is 40.3 Å². The molecular weight excluding hydrogens is 396 g/mol. The Balaban J connectivity index is 1.95. The van der Waals surface area contributed by atoms with Crippen LogP contribution < -0.4 is 9.47 Å².